The van der Waals surface area contributed by atoms with Gasteiger partial charge in [-0.05, 0) is 42.0 Å². The third-order valence-electron chi connectivity index (χ3n) is 5.98. The van der Waals surface area contributed by atoms with Gasteiger partial charge < -0.3 is 19.5 Å². The van der Waals surface area contributed by atoms with E-state index in [1.54, 1.807) is 30.3 Å². The number of amides is 1. The van der Waals surface area contributed by atoms with Crippen LogP contribution in [-0.4, -0.2) is 72.6 Å². The van der Waals surface area contributed by atoms with Crippen molar-refractivity contribution in [3.05, 3.63) is 83.7 Å². The number of rotatable bonds is 8. The molecule has 2 aliphatic rings. The van der Waals surface area contributed by atoms with E-state index < -0.39 is 23.5 Å². The molecule has 1 N–H and O–H groups in total. The maximum absolute atomic E-state index is 13.6. The minimum Gasteiger partial charge on any atom is -0.507 e. The Morgan fingerprint density at radius 2 is 1.76 bits per heavy atom. The number of carbonyl (C=O) groups excluding carboxylic acids is 2. The molecular formula is C26H27FN2O5. The number of halogens is 1. The van der Waals surface area contributed by atoms with E-state index in [4.69, 9.17) is 9.47 Å². The molecule has 2 aliphatic heterocycles. The first-order valence-electron chi connectivity index (χ1n) is 11.2. The van der Waals surface area contributed by atoms with Crippen molar-refractivity contribution in [2.45, 2.75) is 6.04 Å². The molecule has 178 valence electrons. The van der Waals surface area contributed by atoms with Crippen molar-refractivity contribution in [1.82, 2.24) is 9.80 Å². The van der Waals surface area contributed by atoms with E-state index in [1.165, 1.54) is 29.2 Å². The summed E-state index contributed by atoms with van der Waals surface area (Å²) in [7, 11) is 0. The number of nitrogens with zero attached hydrogens (tertiary/aromatic N) is 2. The van der Waals surface area contributed by atoms with Gasteiger partial charge in [-0.25, -0.2) is 4.39 Å². The van der Waals surface area contributed by atoms with Crippen molar-refractivity contribution in [3.63, 3.8) is 0 Å². The van der Waals surface area contributed by atoms with Crippen LogP contribution in [0.5, 0.6) is 5.75 Å². The third kappa shape index (κ3) is 5.03. The Balaban J connectivity index is 1.68. The summed E-state index contributed by atoms with van der Waals surface area (Å²) in [6.07, 6.45) is 1.62. The molecule has 0 aliphatic carbocycles. The van der Waals surface area contributed by atoms with Gasteiger partial charge >= 0.3 is 0 Å². The van der Waals surface area contributed by atoms with Gasteiger partial charge in [-0.3, -0.25) is 14.5 Å². The molecule has 2 aromatic rings. The van der Waals surface area contributed by atoms with Crippen molar-refractivity contribution in [3.8, 4) is 5.75 Å². The maximum atomic E-state index is 13.6. The number of Topliss-reactive ketones (excluding diaryl/α,β-unsaturated/α-hetero) is 1. The molecule has 1 amide bonds. The van der Waals surface area contributed by atoms with Gasteiger partial charge in [0.1, 0.15) is 23.9 Å². The molecule has 2 aromatic carbocycles. The zero-order valence-electron chi connectivity index (χ0n) is 18.8. The summed E-state index contributed by atoms with van der Waals surface area (Å²) in [5, 5.41) is 11.1. The van der Waals surface area contributed by atoms with Gasteiger partial charge in [0.2, 0.25) is 0 Å². The van der Waals surface area contributed by atoms with E-state index >= 15 is 0 Å². The normalized spacial score (nSPS) is 20.5. The van der Waals surface area contributed by atoms with Gasteiger partial charge in [0.15, 0.2) is 0 Å². The van der Waals surface area contributed by atoms with Crippen LogP contribution in [0.3, 0.4) is 0 Å². The Bertz CT molecular complexity index is 1080. The number of hydrogen-bond acceptors (Lipinski definition) is 6. The van der Waals surface area contributed by atoms with Gasteiger partial charge in [0.25, 0.3) is 11.7 Å². The SMILES string of the molecule is C=CCOc1ccc(/C(O)=C2\C(=O)C(=O)N(CCN3CCOCC3)[C@@H]2c2ccc(F)cc2)cc1. The lowest BCUT2D eigenvalue weighted by Crippen LogP contribution is -2.42. The first-order valence-corrected chi connectivity index (χ1v) is 11.2. The number of morpholine rings is 1. The Kier molecular flexibility index (Phi) is 7.40. The molecule has 1 atom stereocenters. The smallest absolute Gasteiger partial charge is 0.295 e. The topological polar surface area (TPSA) is 79.3 Å². The number of carbonyl (C=O) groups is 2. The largest absolute Gasteiger partial charge is 0.507 e. The Labute approximate surface area is 197 Å². The van der Waals surface area contributed by atoms with Gasteiger partial charge in [0, 0.05) is 31.7 Å². The van der Waals surface area contributed by atoms with Gasteiger partial charge in [0.05, 0.1) is 24.8 Å². The first-order chi connectivity index (χ1) is 16.5. The van der Waals surface area contributed by atoms with E-state index in [9.17, 15) is 19.1 Å². The fourth-order valence-corrected chi connectivity index (χ4v) is 4.20. The van der Waals surface area contributed by atoms with E-state index in [2.05, 4.69) is 11.5 Å². The number of hydrogen-bond donors (Lipinski definition) is 1. The summed E-state index contributed by atoms with van der Waals surface area (Å²) in [5.41, 5.74) is 0.914. The highest BCUT2D eigenvalue weighted by Gasteiger charge is 2.46. The molecule has 0 bridgehead atoms. The molecule has 34 heavy (non-hydrogen) atoms. The van der Waals surface area contributed by atoms with Crippen molar-refractivity contribution in [2.24, 2.45) is 0 Å². The predicted molar refractivity (Wildman–Crippen MR) is 125 cm³/mol. The van der Waals surface area contributed by atoms with Crippen LogP contribution in [-0.2, 0) is 14.3 Å². The second kappa shape index (κ2) is 10.6. The Morgan fingerprint density at radius 3 is 2.41 bits per heavy atom. The van der Waals surface area contributed by atoms with Crippen LogP contribution < -0.4 is 4.74 Å². The fraction of sp³-hybridized carbons (Fsp3) is 0.308. The minimum absolute atomic E-state index is 0.0154. The Hall–Kier alpha value is -3.49. The summed E-state index contributed by atoms with van der Waals surface area (Å²) in [4.78, 5) is 29.7. The second-order valence-electron chi connectivity index (χ2n) is 8.12. The average Bonchev–Trinajstić information content (AvgIpc) is 3.12. The lowest BCUT2D eigenvalue weighted by molar-refractivity contribution is -0.140. The number of benzene rings is 2. The maximum Gasteiger partial charge on any atom is 0.295 e. The highest BCUT2D eigenvalue weighted by atomic mass is 19.1. The molecule has 0 aromatic heterocycles. The van der Waals surface area contributed by atoms with Crippen LogP contribution in [0.4, 0.5) is 4.39 Å². The number of aliphatic hydroxyl groups excluding tert-OH is 1. The fourth-order valence-electron chi connectivity index (χ4n) is 4.20. The zero-order valence-corrected chi connectivity index (χ0v) is 18.8. The van der Waals surface area contributed by atoms with Crippen LogP contribution in [0, 0.1) is 5.82 Å². The molecular weight excluding hydrogens is 439 g/mol. The molecule has 0 radical (unpaired) electrons. The summed E-state index contributed by atoms with van der Waals surface area (Å²) in [5.74, 6) is -1.57. The van der Waals surface area contributed by atoms with Crippen LogP contribution >= 0.6 is 0 Å². The van der Waals surface area contributed by atoms with Crippen LogP contribution in [0.25, 0.3) is 5.76 Å². The summed E-state index contributed by atoms with van der Waals surface area (Å²) >= 11 is 0. The predicted octanol–water partition coefficient (Wildman–Crippen LogP) is 3.14. The third-order valence-corrected chi connectivity index (χ3v) is 5.98. The number of ketones is 1. The molecule has 0 saturated carbocycles. The molecule has 8 heteroatoms. The lowest BCUT2D eigenvalue weighted by atomic mass is 9.95. The van der Waals surface area contributed by atoms with Gasteiger partial charge in [-0.1, -0.05) is 24.8 Å². The van der Waals surface area contributed by atoms with Crippen molar-refractivity contribution in [2.75, 3.05) is 46.0 Å². The zero-order chi connectivity index (χ0) is 24.1. The van der Waals surface area contributed by atoms with Gasteiger partial charge in [-0.15, -0.1) is 0 Å². The molecule has 0 unspecified atom stereocenters. The van der Waals surface area contributed by atoms with E-state index in [0.717, 1.165) is 13.1 Å². The van der Waals surface area contributed by atoms with Crippen molar-refractivity contribution in [1.29, 1.82) is 0 Å². The molecule has 4 rings (SSSR count). The standard InChI is InChI=1S/C26H27FN2O5/c1-2-15-34-21-9-5-19(6-10-21)24(30)22-23(18-3-7-20(27)8-4-18)29(26(32)25(22)31)12-11-28-13-16-33-17-14-28/h2-10,23,30H,1,11-17H2/b24-22+/t23-/m1/s1. The van der Waals surface area contributed by atoms with Gasteiger partial charge in [-0.2, -0.15) is 0 Å². The summed E-state index contributed by atoms with van der Waals surface area (Å²) in [6.45, 7) is 7.51. The van der Waals surface area contributed by atoms with E-state index in [-0.39, 0.29) is 17.9 Å². The minimum atomic E-state index is -0.821. The number of likely N-dealkylation sites (tertiary alicyclic amines) is 1. The molecule has 2 saturated heterocycles. The van der Waals surface area contributed by atoms with Crippen molar-refractivity contribution >= 4 is 17.4 Å². The molecule has 2 fully saturated rings. The van der Waals surface area contributed by atoms with Crippen LogP contribution in [0.1, 0.15) is 17.2 Å². The number of ether oxygens (including phenoxy) is 2. The molecule has 0 spiro atoms. The average molecular weight is 467 g/mol. The first kappa shape index (κ1) is 23.7. The van der Waals surface area contributed by atoms with Crippen molar-refractivity contribution < 1.29 is 28.6 Å². The number of aliphatic hydroxyl groups is 1. The molecule has 7 nitrogen and oxygen atoms in total. The monoisotopic (exact) mass is 466 g/mol. The summed E-state index contributed by atoms with van der Waals surface area (Å²) in [6, 6.07) is 11.4. The highest BCUT2D eigenvalue weighted by Crippen LogP contribution is 2.39. The summed E-state index contributed by atoms with van der Waals surface area (Å²) < 4.78 is 24.5. The van der Waals surface area contributed by atoms with E-state index in [0.29, 0.717) is 43.2 Å². The Morgan fingerprint density at radius 1 is 1.09 bits per heavy atom. The van der Waals surface area contributed by atoms with E-state index in [1.807, 2.05) is 0 Å². The second-order valence-corrected chi connectivity index (χ2v) is 8.12. The van der Waals surface area contributed by atoms with Crippen LogP contribution in [0.15, 0.2) is 66.8 Å². The molecule has 2 heterocycles. The highest BCUT2D eigenvalue weighted by molar-refractivity contribution is 6.46. The quantitative estimate of drug-likeness (QED) is 0.279. The lowest BCUT2D eigenvalue weighted by Gasteiger charge is -2.31. The van der Waals surface area contributed by atoms with Crippen LogP contribution in [0.2, 0.25) is 0 Å².